The quantitative estimate of drug-likeness (QED) is 0.798. The molecule has 2 unspecified atom stereocenters. The van der Waals surface area contributed by atoms with Gasteiger partial charge in [0.05, 0.1) is 0 Å². The van der Waals surface area contributed by atoms with E-state index in [9.17, 15) is 4.79 Å². The van der Waals surface area contributed by atoms with Crippen LogP contribution in [0.5, 0.6) is 0 Å². The van der Waals surface area contributed by atoms with Crippen LogP contribution in [0.15, 0.2) is 0 Å². The minimum atomic E-state index is -0.0618. The van der Waals surface area contributed by atoms with E-state index in [1.54, 1.807) is 0 Å². The number of amides is 1. The van der Waals surface area contributed by atoms with Gasteiger partial charge in [0, 0.05) is 30.3 Å². The van der Waals surface area contributed by atoms with Gasteiger partial charge in [-0.25, -0.2) is 0 Å². The van der Waals surface area contributed by atoms with Gasteiger partial charge in [-0.05, 0) is 33.2 Å². The van der Waals surface area contributed by atoms with Gasteiger partial charge in [0.25, 0.3) is 0 Å². The number of hydrogen-bond donors (Lipinski definition) is 2. The lowest BCUT2D eigenvalue weighted by Crippen LogP contribution is -2.53. The van der Waals surface area contributed by atoms with E-state index in [0.717, 1.165) is 18.7 Å². The van der Waals surface area contributed by atoms with E-state index in [-0.39, 0.29) is 42.3 Å². The van der Waals surface area contributed by atoms with Gasteiger partial charge < -0.3 is 16.0 Å². The van der Waals surface area contributed by atoms with Crippen LogP contribution in [0.4, 0.5) is 0 Å². The Bertz CT molecular complexity index is 246. The Balaban J connectivity index is 0. The highest BCUT2D eigenvalue weighted by molar-refractivity contribution is 7.99. The lowest BCUT2D eigenvalue weighted by molar-refractivity contribution is -0.121. The lowest BCUT2D eigenvalue weighted by Gasteiger charge is -2.35. The van der Waals surface area contributed by atoms with Crippen LogP contribution in [0.1, 0.15) is 19.8 Å². The van der Waals surface area contributed by atoms with E-state index in [2.05, 4.69) is 24.3 Å². The third-order valence-corrected chi connectivity index (χ3v) is 4.39. The van der Waals surface area contributed by atoms with Crippen molar-refractivity contribution in [2.45, 2.75) is 31.3 Å². The molecule has 1 fully saturated rings. The Morgan fingerprint density at radius 2 is 2.11 bits per heavy atom. The molecule has 4 nitrogen and oxygen atoms in total. The predicted molar refractivity (Wildman–Crippen MR) is 84.1 cm³/mol. The van der Waals surface area contributed by atoms with Gasteiger partial charge in [0.15, 0.2) is 0 Å². The summed E-state index contributed by atoms with van der Waals surface area (Å²) in [7, 11) is 4.17. The van der Waals surface area contributed by atoms with Gasteiger partial charge in [0.2, 0.25) is 5.91 Å². The van der Waals surface area contributed by atoms with Crippen LogP contribution in [0, 0.1) is 0 Å². The Morgan fingerprint density at radius 1 is 1.50 bits per heavy atom. The first-order valence-electron chi connectivity index (χ1n) is 5.74. The fourth-order valence-corrected chi connectivity index (χ4v) is 3.43. The second-order valence-electron chi connectivity index (χ2n) is 4.88. The molecule has 1 rings (SSSR count). The van der Waals surface area contributed by atoms with Crippen LogP contribution in [0.25, 0.3) is 0 Å². The Hall–Kier alpha value is 0.320. The van der Waals surface area contributed by atoms with Gasteiger partial charge in [-0.3, -0.25) is 4.79 Å². The van der Waals surface area contributed by atoms with Gasteiger partial charge >= 0.3 is 0 Å². The summed E-state index contributed by atoms with van der Waals surface area (Å²) in [5.41, 5.74) is 5.73. The molecule has 0 aromatic rings. The van der Waals surface area contributed by atoms with Gasteiger partial charge in [-0.15, -0.1) is 24.8 Å². The van der Waals surface area contributed by atoms with Crippen molar-refractivity contribution in [2.24, 2.45) is 5.73 Å². The molecule has 1 saturated heterocycles. The number of thioether (sulfide) groups is 1. The van der Waals surface area contributed by atoms with Crippen LogP contribution in [0.2, 0.25) is 0 Å². The van der Waals surface area contributed by atoms with Gasteiger partial charge in [0.1, 0.15) is 0 Å². The number of nitrogens with two attached hydrogens (primary N) is 1. The van der Waals surface area contributed by atoms with E-state index in [0.29, 0.717) is 6.42 Å². The highest BCUT2D eigenvalue weighted by Crippen LogP contribution is 2.31. The number of nitrogens with zero attached hydrogens (tertiary/aromatic N) is 1. The fourth-order valence-electron chi connectivity index (χ4n) is 1.87. The zero-order valence-corrected chi connectivity index (χ0v) is 13.7. The summed E-state index contributed by atoms with van der Waals surface area (Å²) in [6.45, 7) is 2.59. The minimum absolute atomic E-state index is 0. The number of halogens is 2. The number of rotatable bonds is 5. The summed E-state index contributed by atoms with van der Waals surface area (Å²) < 4.78 is 0. The Morgan fingerprint density at radius 3 is 2.50 bits per heavy atom. The van der Waals surface area contributed by atoms with E-state index < -0.39 is 0 Å². The molecule has 110 valence electrons. The number of hydrogen-bond acceptors (Lipinski definition) is 4. The molecule has 7 heteroatoms. The minimum Gasteiger partial charge on any atom is -0.354 e. The first-order valence-corrected chi connectivity index (χ1v) is 6.89. The summed E-state index contributed by atoms with van der Waals surface area (Å²) in [6, 6.07) is -0.0618. The Labute approximate surface area is 127 Å². The normalized spacial score (nSPS) is 24.1. The molecular weight excluding hydrogens is 293 g/mol. The van der Waals surface area contributed by atoms with Gasteiger partial charge in [-0.1, -0.05) is 0 Å². The standard InChI is InChI=1S/C11H23N3OS.2ClH/c1-9(12)6-10(15)13-7-11(14(2)3)4-5-16-8-11;;/h9H,4-8,12H2,1-3H3,(H,13,15);2*1H. The highest BCUT2D eigenvalue weighted by Gasteiger charge is 2.36. The van der Waals surface area contributed by atoms with Crippen LogP contribution >= 0.6 is 36.6 Å². The number of nitrogens with one attached hydrogen (secondary N) is 1. The summed E-state index contributed by atoms with van der Waals surface area (Å²) in [5, 5.41) is 3.00. The van der Waals surface area contributed by atoms with Crippen molar-refractivity contribution in [1.29, 1.82) is 0 Å². The SMILES string of the molecule is CC(N)CC(=O)NCC1(N(C)C)CCSC1.Cl.Cl. The molecule has 1 heterocycles. The zero-order valence-electron chi connectivity index (χ0n) is 11.3. The molecule has 1 amide bonds. The number of likely N-dealkylation sites (N-methyl/N-ethyl adjacent to an activating group) is 1. The van der Waals surface area contributed by atoms with Crippen molar-refractivity contribution in [3.63, 3.8) is 0 Å². The maximum absolute atomic E-state index is 11.6. The molecule has 0 aliphatic carbocycles. The van der Waals surface area contributed by atoms with E-state index in [4.69, 9.17) is 5.73 Å². The summed E-state index contributed by atoms with van der Waals surface area (Å²) >= 11 is 1.96. The van der Waals surface area contributed by atoms with Crippen molar-refractivity contribution in [1.82, 2.24) is 10.2 Å². The molecule has 1 aliphatic rings. The smallest absolute Gasteiger partial charge is 0.221 e. The summed E-state index contributed by atoms with van der Waals surface area (Å²) in [4.78, 5) is 13.8. The van der Waals surface area contributed by atoms with Crippen molar-refractivity contribution in [3.05, 3.63) is 0 Å². The third kappa shape index (κ3) is 5.97. The molecule has 18 heavy (non-hydrogen) atoms. The molecule has 1 aliphatic heterocycles. The molecule has 0 bridgehead atoms. The molecular formula is C11H25Cl2N3OS. The summed E-state index contributed by atoms with van der Waals surface area (Å²) in [5.74, 6) is 2.34. The maximum atomic E-state index is 11.6. The molecule has 0 aromatic heterocycles. The lowest BCUT2D eigenvalue weighted by atomic mass is 9.97. The topological polar surface area (TPSA) is 58.4 Å². The van der Waals surface area contributed by atoms with Crippen LogP contribution < -0.4 is 11.1 Å². The van der Waals surface area contributed by atoms with Gasteiger partial charge in [-0.2, -0.15) is 11.8 Å². The van der Waals surface area contributed by atoms with E-state index in [1.807, 2.05) is 18.7 Å². The molecule has 0 spiro atoms. The second kappa shape index (κ2) is 9.26. The number of carbonyl (C=O) groups excluding carboxylic acids is 1. The molecule has 2 atom stereocenters. The summed E-state index contributed by atoms with van der Waals surface area (Å²) in [6.07, 6.45) is 1.56. The van der Waals surface area contributed by atoms with E-state index in [1.165, 1.54) is 5.75 Å². The first kappa shape index (κ1) is 20.6. The molecule has 3 N–H and O–H groups in total. The monoisotopic (exact) mass is 317 g/mol. The average Bonchev–Trinajstić information content (AvgIpc) is 2.63. The van der Waals surface area contributed by atoms with Crippen molar-refractivity contribution in [2.75, 3.05) is 32.1 Å². The van der Waals surface area contributed by atoms with Crippen molar-refractivity contribution in [3.8, 4) is 0 Å². The fraction of sp³-hybridized carbons (Fsp3) is 0.909. The largest absolute Gasteiger partial charge is 0.354 e. The number of carbonyl (C=O) groups is 1. The molecule has 0 saturated carbocycles. The van der Waals surface area contributed by atoms with Crippen LogP contribution in [-0.2, 0) is 4.79 Å². The Kier molecular flexibility index (Phi) is 10.6. The maximum Gasteiger partial charge on any atom is 0.221 e. The van der Waals surface area contributed by atoms with E-state index >= 15 is 0 Å². The second-order valence-corrected chi connectivity index (χ2v) is 5.98. The molecule has 0 aromatic carbocycles. The zero-order chi connectivity index (χ0) is 12.2. The first-order chi connectivity index (χ1) is 7.46. The highest BCUT2D eigenvalue weighted by atomic mass is 35.5. The van der Waals surface area contributed by atoms with Crippen molar-refractivity contribution >= 4 is 42.5 Å². The van der Waals surface area contributed by atoms with Crippen LogP contribution in [0.3, 0.4) is 0 Å². The molecule has 0 radical (unpaired) electrons. The third-order valence-electron chi connectivity index (χ3n) is 3.15. The predicted octanol–water partition coefficient (Wildman–Crippen LogP) is 1.12. The average molecular weight is 318 g/mol. The van der Waals surface area contributed by atoms with Crippen LogP contribution in [-0.4, -0.2) is 54.5 Å². The van der Waals surface area contributed by atoms with Crippen molar-refractivity contribution < 1.29 is 4.79 Å².